The molecule has 122 valence electrons. The third kappa shape index (κ3) is 1.81. The summed E-state index contributed by atoms with van der Waals surface area (Å²) in [6, 6.07) is 15.4. The Balaban J connectivity index is 1.56. The summed E-state index contributed by atoms with van der Waals surface area (Å²) in [5.74, 6) is 2.89. The van der Waals surface area contributed by atoms with Crippen LogP contribution < -0.4 is 0 Å². The van der Waals surface area contributed by atoms with Gasteiger partial charge < -0.3 is 4.90 Å². The summed E-state index contributed by atoms with van der Waals surface area (Å²) in [4.78, 5) is 12.4. The van der Waals surface area contributed by atoms with Crippen molar-refractivity contribution >= 4 is 11.9 Å². The molecule has 1 saturated carbocycles. The number of hydrogen-bond acceptors (Lipinski definition) is 3. The van der Waals surface area contributed by atoms with Gasteiger partial charge in [-0.2, -0.15) is 0 Å². The number of rotatable bonds is 1. The van der Waals surface area contributed by atoms with Crippen molar-refractivity contribution in [2.45, 2.75) is 18.5 Å². The van der Waals surface area contributed by atoms with Gasteiger partial charge in [0, 0.05) is 29.9 Å². The highest BCUT2D eigenvalue weighted by Gasteiger charge is 2.54. The second-order valence-corrected chi connectivity index (χ2v) is 7.48. The number of amidine groups is 1. The van der Waals surface area contributed by atoms with E-state index in [0.29, 0.717) is 23.8 Å². The standard InChI is InChI=1S/C22H19N3/c1-2-6-17-14(5-1)10-12-25-21-16-9-8-15(13-16)19(21)20(24-22(17)25)18-7-3-4-11-23-18/h1-12,15-16,19-21H,13H2. The maximum Gasteiger partial charge on any atom is 0.136 e. The van der Waals surface area contributed by atoms with Crippen molar-refractivity contribution in [2.75, 3.05) is 0 Å². The molecule has 0 radical (unpaired) electrons. The van der Waals surface area contributed by atoms with Crippen LogP contribution in [0.4, 0.5) is 0 Å². The van der Waals surface area contributed by atoms with E-state index >= 15 is 0 Å². The van der Waals surface area contributed by atoms with E-state index in [2.05, 4.69) is 70.7 Å². The Bertz CT molecular complexity index is 927. The molecule has 1 fully saturated rings. The summed E-state index contributed by atoms with van der Waals surface area (Å²) in [7, 11) is 0. The van der Waals surface area contributed by atoms with Crippen LogP contribution in [0.5, 0.6) is 0 Å². The number of fused-ring (bicyclic) bond motifs is 9. The van der Waals surface area contributed by atoms with E-state index in [1.807, 2.05) is 12.3 Å². The van der Waals surface area contributed by atoms with Gasteiger partial charge in [-0.3, -0.25) is 9.98 Å². The van der Waals surface area contributed by atoms with Crippen LogP contribution in [0.15, 0.2) is 72.0 Å². The van der Waals surface area contributed by atoms with Crippen molar-refractivity contribution in [1.29, 1.82) is 0 Å². The molecule has 5 atom stereocenters. The third-order valence-electron chi connectivity index (χ3n) is 6.28. The molecule has 6 rings (SSSR count). The van der Waals surface area contributed by atoms with Crippen LogP contribution >= 0.6 is 0 Å². The normalized spacial score (nSPS) is 33.7. The van der Waals surface area contributed by atoms with E-state index in [1.54, 1.807) is 0 Å². The SMILES string of the molecule is C1=CN2C(=NC(c3ccccn3)C3C4C=CC(C4)C32)c2ccccc21. The van der Waals surface area contributed by atoms with Gasteiger partial charge in [0.05, 0.1) is 11.7 Å². The lowest BCUT2D eigenvalue weighted by Crippen LogP contribution is -2.50. The fourth-order valence-electron chi connectivity index (χ4n) is 5.27. The maximum atomic E-state index is 5.27. The van der Waals surface area contributed by atoms with Crippen molar-refractivity contribution in [1.82, 2.24) is 9.88 Å². The molecule has 2 aliphatic heterocycles. The number of nitrogens with zero attached hydrogens (tertiary/aromatic N) is 3. The number of pyridine rings is 1. The lowest BCUT2D eigenvalue weighted by molar-refractivity contribution is 0.205. The van der Waals surface area contributed by atoms with Crippen LogP contribution in [-0.2, 0) is 0 Å². The number of allylic oxidation sites excluding steroid dienone is 1. The van der Waals surface area contributed by atoms with Crippen molar-refractivity contribution in [3.63, 3.8) is 0 Å². The van der Waals surface area contributed by atoms with E-state index in [9.17, 15) is 0 Å². The molecule has 3 heterocycles. The Morgan fingerprint density at radius 3 is 2.76 bits per heavy atom. The Morgan fingerprint density at radius 1 is 0.960 bits per heavy atom. The number of aliphatic imine (C=N–C) groups is 1. The minimum atomic E-state index is 0.150. The average molecular weight is 325 g/mol. The predicted molar refractivity (Wildman–Crippen MR) is 98.8 cm³/mol. The predicted octanol–water partition coefficient (Wildman–Crippen LogP) is 4.06. The maximum absolute atomic E-state index is 5.27. The highest BCUT2D eigenvalue weighted by atomic mass is 15.3. The largest absolute Gasteiger partial charge is 0.329 e. The van der Waals surface area contributed by atoms with Gasteiger partial charge in [0.25, 0.3) is 0 Å². The molecule has 5 unspecified atom stereocenters. The fourth-order valence-corrected chi connectivity index (χ4v) is 5.27. The van der Waals surface area contributed by atoms with Crippen molar-refractivity contribution < 1.29 is 0 Å². The second kappa shape index (κ2) is 4.92. The summed E-state index contributed by atoms with van der Waals surface area (Å²) in [6.07, 6.45) is 12.5. The third-order valence-corrected chi connectivity index (χ3v) is 6.28. The van der Waals surface area contributed by atoms with Crippen LogP contribution in [0.3, 0.4) is 0 Å². The van der Waals surface area contributed by atoms with Gasteiger partial charge in [-0.15, -0.1) is 0 Å². The molecule has 1 aromatic heterocycles. The van der Waals surface area contributed by atoms with E-state index < -0.39 is 0 Å². The minimum Gasteiger partial charge on any atom is -0.329 e. The summed E-state index contributed by atoms with van der Waals surface area (Å²) in [6.45, 7) is 0. The Morgan fingerprint density at radius 2 is 1.84 bits per heavy atom. The Labute approximate surface area is 147 Å². The first-order chi connectivity index (χ1) is 12.4. The summed E-state index contributed by atoms with van der Waals surface area (Å²) < 4.78 is 0. The summed E-state index contributed by atoms with van der Waals surface area (Å²) >= 11 is 0. The van der Waals surface area contributed by atoms with E-state index in [0.717, 1.165) is 11.5 Å². The van der Waals surface area contributed by atoms with Crippen LogP contribution in [0, 0.1) is 17.8 Å². The van der Waals surface area contributed by atoms with Crippen LogP contribution in [0.1, 0.15) is 29.3 Å². The molecule has 3 nitrogen and oxygen atoms in total. The monoisotopic (exact) mass is 325 g/mol. The lowest BCUT2D eigenvalue weighted by Gasteiger charge is -2.45. The topological polar surface area (TPSA) is 28.5 Å². The summed E-state index contributed by atoms with van der Waals surface area (Å²) in [5.41, 5.74) is 3.61. The number of hydrogen-bond donors (Lipinski definition) is 0. The molecule has 2 aromatic rings. The molecular formula is C22H19N3. The highest BCUT2D eigenvalue weighted by molar-refractivity contribution is 6.05. The molecule has 0 saturated heterocycles. The smallest absolute Gasteiger partial charge is 0.136 e. The number of aromatic nitrogens is 1. The molecule has 3 heteroatoms. The van der Waals surface area contributed by atoms with E-state index in [1.165, 1.54) is 17.5 Å². The highest BCUT2D eigenvalue weighted by Crippen LogP contribution is 2.54. The zero-order chi connectivity index (χ0) is 16.4. The van der Waals surface area contributed by atoms with Crippen LogP contribution in [0.25, 0.3) is 6.08 Å². The van der Waals surface area contributed by atoms with Crippen molar-refractivity contribution in [2.24, 2.45) is 22.7 Å². The van der Waals surface area contributed by atoms with Crippen LogP contribution in [-0.4, -0.2) is 21.8 Å². The Hall–Kier alpha value is -2.68. The molecule has 1 aromatic carbocycles. The van der Waals surface area contributed by atoms with Crippen molar-refractivity contribution in [3.05, 3.63) is 83.8 Å². The minimum absolute atomic E-state index is 0.150. The molecule has 2 aliphatic carbocycles. The van der Waals surface area contributed by atoms with Gasteiger partial charge >= 0.3 is 0 Å². The quantitative estimate of drug-likeness (QED) is 0.740. The molecule has 2 bridgehead atoms. The van der Waals surface area contributed by atoms with Gasteiger partial charge in [-0.05, 0) is 42.0 Å². The molecular weight excluding hydrogens is 306 g/mol. The lowest BCUT2D eigenvalue weighted by atomic mass is 9.78. The molecule has 0 N–H and O–H groups in total. The van der Waals surface area contributed by atoms with Gasteiger partial charge in [0.1, 0.15) is 5.84 Å². The summed E-state index contributed by atoms with van der Waals surface area (Å²) in [5, 5.41) is 0. The van der Waals surface area contributed by atoms with Gasteiger partial charge in [0.2, 0.25) is 0 Å². The Kier molecular flexibility index (Phi) is 2.67. The van der Waals surface area contributed by atoms with E-state index in [-0.39, 0.29) is 6.04 Å². The molecule has 0 amide bonds. The van der Waals surface area contributed by atoms with Gasteiger partial charge in [0.15, 0.2) is 0 Å². The first kappa shape index (κ1) is 13.6. The van der Waals surface area contributed by atoms with Gasteiger partial charge in [-0.1, -0.05) is 42.5 Å². The molecule has 0 spiro atoms. The van der Waals surface area contributed by atoms with Gasteiger partial charge in [-0.25, -0.2) is 0 Å². The zero-order valence-corrected chi connectivity index (χ0v) is 13.9. The second-order valence-electron chi connectivity index (χ2n) is 7.48. The first-order valence-corrected chi connectivity index (χ1v) is 9.13. The number of benzene rings is 1. The first-order valence-electron chi connectivity index (χ1n) is 9.13. The zero-order valence-electron chi connectivity index (χ0n) is 13.9. The van der Waals surface area contributed by atoms with Crippen LogP contribution in [0.2, 0.25) is 0 Å². The average Bonchev–Trinajstić information content (AvgIpc) is 3.30. The fraction of sp³-hybridized carbons (Fsp3) is 0.273. The molecule has 25 heavy (non-hydrogen) atoms. The van der Waals surface area contributed by atoms with Crippen molar-refractivity contribution in [3.8, 4) is 0 Å². The van der Waals surface area contributed by atoms with E-state index in [4.69, 9.17) is 4.99 Å². The molecule has 4 aliphatic rings.